The van der Waals surface area contributed by atoms with Gasteiger partial charge in [-0.25, -0.2) is 4.98 Å². The van der Waals surface area contributed by atoms with Crippen molar-refractivity contribution in [2.45, 2.75) is 12.8 Å². The Morgan fingerprint density at radius 1 is 1.00 bits per heavy atom. The van der Waals surface area contributed by atoms with E-state index in [4.69, 9.17) is 17.3 Å². The second kappa shape index (κ2) is 5.56. The molecular formula is C18H15ClN4. The molecule has 0 amide bonds. The third-order valence-electron chi connectivity index (χ3n) is 4.01. The number of para-hydroxylation sites is 1. The zero-order chi connectivity index (χ0) is 15.8. The average molecular weight is 323 g/mol. The van der Waals surface area contributed by atoms with Gasteiger partial charge in [-0.15, -0.1) is 0 Å². The summed E-state index contributed by atoms with van der Waals surface area (Å²) >= 11 is 6.13. The molecule has 0 unspecified atom stereocenters. The van der Waals surface area contributed by atoms with Crippen LogP contribution in [0.3, 0.4) is 0 Å². The summed E-state index contributed by atoms with van der Waals surface area (Å²) in [6.45, 7) is 0. The highest BCUT2D eigenvalue weighted by Crippen LogP contribution is 2.39. The number of benzene rings is 2. The maximum absolute atomic E-state index is 6.13. The van der Waals surface area contributed by atoms with Gasteiger partial charge in [0.1, 0.15) is 5.82 Å². The lowest BCUT2D eigenvalue weighted by atomic mass is 9.88. The van der Waals surface area contributed by atoms with Crippen molar-refractivity contribution in [1.82, 2.24) is 9.97 Å². The normalized spacial score (nSPS) is 12.4. The van der Waals surface area contributed by atoms with Gasteiger partial charge in [0, 0.05) is 16.3 Å². The topological polar surface area (TPSA) is 63.8 Å². The molecule has 0 fully saturated rings. The van der Waals surface area contributed by atoms with Crippen molar-refractivity contribution >= 4 is 29.1 Å². The molecule has 3 N–H and O–H groups in total. The van der Waals surface area contributed by atoms with E-state index in [-0.39, 0.29) is 0 Å². The van der Waals surface area contributed by atoms with E-state index in [1.165, 1.54) is 5.56 Å². The highest BCUT2D eigenvalue weighted by Gasteiger charge is 2.22. The molecule has 0 radical (unpaired) electrons. The van der Waals surface area contributed by atoms with E-state index < -0.39 is 0 Å². The third kappa shape index (κ3) is 2.62. The molecule has 0 atom stereocenters. The first kappa shape index (κ1) is 14.0. The Morgan fingerprint density at radius 2 is 1.83 bits per heavy atom. The second-order valence-electron chi connectivity index (χ2n) is 5.54. The minimum atomic E-state index is 0.291. The Morgan fingerprint density at radius 3 is 2.65 bits per heavy atom. The lowest BCUT2D eigenvalue weighted by Gasteiger charge is -2.22. The number of anilines is 3. The van der Waals surface area contributed by atoms with Gasteiger partial charge < -0.3 is 11.1 Å². The molecule has 1 aliphatic carbocycles. The molecule has 23 heavy (non-hydrogen) atoms. The molecule has 0 aliphatic heterocycles. The summed E-state index contributed by atoms with van der Waals surface area (Å²) in [5, 5.41) is 4.12. The number of nitrogens with two attached hydrogens (primary N) is 1. The van der Waals surface area contributed by atoms with Crippen LogP contribution in [0.25, 0.3) is 11.1 Å². The average Bonchev–Trinajstić information content (AvgIpc) is 2.55. The fourth-order valence-corrected chi connectivity index (χ4v) is 3.20. The van der Waals surface area contributed by atoms with E-state index in [1.54, 1.807) is 0 Å². The number of nitrogen functional groups attached to an aromatic ring is 1. The summed E-state index contributed by atoms with van der Waals surface area (Å²) in [5.74, 6) is 1.03. The van der Waals surface area contributed by atoms with E-state index in [9.17, 15) is 0 Å². The Labute approximate surface area is 139 Å². The Bertz CT molecular complexity index is 878. The number of rotatable bonds is 2. The largest absolute Gasteiger partial charge is 0.368 e. The van der Waals surface area contributed by atoms with Crippen LogP contribution in [0.4, 0.5) is 17.5 Å². The van der Waals surface area contributed by atoms with E-state index in [0.29, 0.717) is 5.95 Å². The van der Waals surface area contributed by atoms with E-state index in [0.717, 1.165) is 46.2 Å². The molecule has 1 aliphatic rings. The van der Waals surface area contributed by atoms with Crippen molar-refractivity contribution in [3.8, 4) is 11.1 Å². The maximum atomic E-state index is 6.13. The summed E-state index contributed by atoms with van der Waals surface area (Å²) in [6, 6.07) is 15.9. The van der Waals surface area contributed by atoms with Crippen molar-refractivity contribution in [2.75, 3.05) is 11.1 Å². The fraction of sp³-hybridized carbons (Fsp3) is 0.111. The van der Waals surface area contributed by atoms with Gasteiger partial charge in [-0.3, -0.25) is 0 Å². The van der Waals surface area contributed by atoms with Crippen LogP contribution in [0.5, 0.6) is 0 Å². The zero-order valence-corrected chi connectivity index (χ0v) is 13.1. The first-order valence-electron chi connectivity index (χ1n) is 7.48. The van der Waals surface area contributed by atoms with Crippen molar-refractivity contribution in [3.63, 3.8) is 0 Å². The molecule has 4 nitrogen and oxygen atoms in total. The van der Waals surface area contributed by atoms with Crippen LogP contribution in [0.15, 0.2) is 48.5 Å². The van der Waals surface area contributed by atoms with Gasteiger partial charge >= 0.3 is 0 Å². The number of fused-ring (bicyclic) bond motifs is 3. The lowest BCUT2D eigenvalue weighted by Crippen LogP contribution is -2.12. The molecule has 0 saturated heterocycles. The molecular weight excluding hydrogens is 308 g/mol. The van der Waals surface area contributed by atoms with E-state index >= 15 is 0 Å². The summed E-state index contributed by atoms with van der Waals surface area (Å²) in [7, 11) is 0. The molecule has 0 spiro atoms. The number of hydrogen-bond donors (Lipinski definition) is 2. The second-order valence-corrected chi connectivity index (χ2v) is 5.98. The van der Waals surface area contributed by atoms with Crippen LogP contribution in [-0.4, -0.2) is 9.97 Å². The minimum Gasteiger partial charge on any atom is -0.368 e. The number of aryl methyl sites for hydroxylation is 2. The van der Waals surface area contributed by atoms with E-state index in [1.807, 2.05) is 48.5 Å². The summed E-state index contributed by atoms with van der Waals surface area (Å²) in [4.78, 5) is 8.86. The van der Waals surface area contributed by atoms with Crippen molar-refractivity contribution in [1.29, 1.82) is 0 Å². The Kier molecular flexibility index (Phi) is 3.39. The first-order chi connectivity index (χ1) is 11.2. The number of hydrogen-bond acceptors (Lipinski definition) is 4. The summed E-state index contributed by atoms with van der Waals surface area (Å²) in [6.07, 6.45) is 1.74. The lowest BCUT2D eigenvalue weighted by molar-refractivity contribution is 0.889. The van der Waals surface area contributed by atoms with Crippen molar-refractivity contribution < 1.29 is 0 Å². The standard InChI is InChI=1S/C18H15ClN4/c19-12-7-8-14-11(10-12)6-9-15-16(14)17(23-18(20)22-15)21-13-4-2-1-3-5-13/h1-5,7-8,10H,6,9H2,(H3,20,21,22,23). The highest BCUT2D eigenvalue weighted by atomic mass is 35.5. The van der Waals surface area contributed by atoms with Crippen LogP contribution >= 0.6 is 11.6 Å². The van der Waals surface area contributed by atoms with Crippen LogP contribution in [-0.2, 0) is 12.8 Å². The molecule has 0 saturated carbocycles. The molecule has 5 heteroatoms. The fourth-order valence-electron chi connectivity index (χ4n) is 3.00. The predicted molar refractivity (Wildman–Crippen MR) is 94.0 cm³/mol. The van der Waals surface area contributed by atoms with Gasteiger partial charge in [-0.05, 0) is 48.2 Å². The molecule has 3 aromatic rings. The Balaban J connectivity index is 1.88. The van der Waals surface area contributed by atoms with Gasteiger partial charge in [0.25, 0.3) is 0 Å². The highest BCUT2D eigenvalue weighted by molar-refractivity contribution is 6.30. The van der Waals surface area contributed by atoms with Crippen LogP contribution < -0.4 is 11.1 Å². The minimum absolute atomic E-state index is 0.291. The molecule has 0 bridgehead atoms. The number of aromatic nitrogens is 2. The van der Waals surface area contributed by atoms with Crippen LogP contribution in [0.2, 0.25) is 5.02 Å². The summed E-state index contributed by atoms with van der Waals surface area (Å²) in [5.41, 5.74) is 11.2. The summed E-state index contributed by atoms with van der Waals surface area (Å²) < 4.78 is 0. The maximum Gasteiger partial charge on any atom is 0.222 e. The third-order valence-corrected chi connectivity index (χ3v) is 4.24. The zero-order valence-electron chi connectivity index (χ0n) is 12.4. The number of nitrogens with zero attached hydrogens (tertiary/aromatic N) is 2. The number of nitrogens with one attached hydrogen (secondary N) is 1. The number of halogens is 1. The monoisotopic (exact) mass is 322 g/mol. The smallest absolute Gasteiger partial charge is 0.222 e. The van der Waals surface area contributed by atoms with Gasteiger partial charge in [0.05, 0.1) is 5.69 Å². The van der Waals surface area contributed by atoms with E-state index in [2.05, 4.69) is 15.3 Å². The molecule has 1 heterocycles. The molecule has 2 aromatic carbocycles. The van der Waals surface area contributed by atoms with Crippen LogP contribution in [0, 0.1) is 0 Å². The predicted octanol–water partition coefficient (Wildman–Crippen LogP) is 4.22. The van der Waals surface area contributed by atoms with Gasteiger partial charge in [0.15, 0.2) is 0 Å². The van der Waals surface area contributed by atoms with Gasteiger partial charge in [-0.2, -0.15) is 4.98 Å². The van der Waals surface area contributed by atoms with Gasteiger partial charge in [0.2, 0.25) is 5.95 Å². The quantitative estimate of drug-likeness (QED) is 0.741. The van der Waals surface area contributed by atoms with Gasteiger partial charge in [-0.1, -0.05) is 35.9 Å². The molecule has 1 aromatic heterocycles. The van der Waals surface area contributed by atoms with Crippen LogP contribution in [0.1, 0.15) is 11.3 Å². The first-order valence-corrected chi connectivity index (χ1v) is 7.86. The van der Waals surface area contributed by atoms with Crippen molar-refractivity contribution in [2.24, 2.45) is 0 Å². The molecule has 4 rings (SSSR count). The molecule has 114 valence electrons. The SMILES string of the molecule is Nc1nc2c(c(Nc3ccccc3)n1)-c1ccc(Cl)cc1CC2. The van der Waals surface area contributed by atoms with Crippen molar-refractivity contribution in [3.05, 3.63) is 64.8 Å². The Hall–Kier alpha value is -2.59.